The summed E-state index contributed by atoms with van der Waals surface area (Å²) in [5, 5.41) is 0. The quantitative estimate of drug-likeness (QED) is 0.569. The standard InChI is InChI=1S/C12H13N/c1-2-5-11-10(4-1)8-13-9-12(11)6-3-7-12/h1-2,4-5,9H,3,6-8H2. The number of nitrogens with zero attached hydrogens (tertiary/aromatic N) is 1. The van der Waals surface area contributed by atoms with E-state index in [4.69, 9.17) is 0 Å². The summed E-state index contributed by atoms with van der Waals surface area (Å²) >= 11 is 0. The zero-order valence-electron chi connectivity index (χ0n) is 7.66. The lowest BCUT2D eigenvalue weighted by atomic mass is 9.63. The molecule has 0 atom stereocenters. The molecule has 0 radical (unpaired) electrons. The van der Waals surface area contributed by atoms with Gasteiger partial charge in [-0.15, -0.1) is 0 Å². The molecule has 0 aromatic heterocycles. The summed E-state index contributed by atoms with van der Waals surface area (Å²) in [6.45, 7) is 0.887. The van der Waals surface area contributed by atoms with Crippen LogP contribution in [0.1, 0.15) is 30.4 Å². The molecule has 1 aromatic rings. The third-order valence-corrected chi connectivity index (χ3v) is 3.40. The normalized spacial score (nSPS) is 22.5. The molecule has 1 heteroatoms. The van der Waals surface area contributed by atoms with E-state index in [0.717, 1.165) is 6.54 Å². The fourth-order valence-electron chi connectivity index (χ4n) is 2.49. The molecule has 3 rings (SSSR count). The van der Waals surface area contributed by atoms with Crippen LogP contribution in [0.3, 0.4) is 0 Å². The van der Waals surface area contributed by atoms with E-state index >= 15 is 0 Å². The second-order valence-corrected chi connectivity index (χ2v) is 4.14. The summed E-state index contributed by atoms with van der Waals surface area (Å²) in [5.41, 5.74) is 3.32. The Morgan fingerprint density at radius 2 is 2.00 bits per heavy atom. The van der Waals surface area contributed by atoms with E-state index in [1.165, 1.54) is 30.4 Å². The molecule has 66 valence electrons. The molecule has 1 nitrogen and oxygen atoms in total. The number of benzene rings is 1. The van der Waals surface area contributed by atoms with Crippen LogP contribution in [-0.2, 0) is 12.0 Å². The number of hydrogen-bond donors (Lipinski definition) is 0. The van der Waals surface area contributed by atoms with E-state index in [1.807, 2.05) is 0 Å². The van der Waals surface area contributed by atoms with Crippen LogP contribution < -0.4 is 0 Å². The summed E-state index contributed by atoms with van der Waals surface area (Å²) in [7, 11) is 0. The van der Waals surface area contributed by atoms with Crippen molar-refractivity contribution in [2.24, 2.45) is 4.99 Å². The lowest BCUT2D eigenvalue weighted by Crippen LogP contribution is -2.38. The monoisotopic (exact) mass is 171 g/mol. The number of rotatable bonds is 0. The van der Waals surface area contributed by atoms with Gasteiger partial charge in [-0.05, 0) is 24.0 Å². The Balaban J connectivity index is 2.16. The summed E-state index contributed by atoms with van der Waals surface area (Å²) in [4.78, 5) is 4.47. The van der Waals surface area contributed by atoms with Crippen LogP contribution in [0, 0.1) is 0 Å². The molecule has 1 heterocycles. The fraction of sp³-hybridized carbons (Fsp3) is 0.417. The van der Waals surface area contributed by atoms with Gasteiger partial charge in [0.1, 0.15) is 0 Å². The first kappa shape index (κ1) is 7.31. The molecule has 1 aliphatic carbocycles. The van der Waals surface area contributed by atoms with Gasteiger partial charge in [0.25, 0.3) is 0 Å². The third-order valence-electron chi connectivity index (χ3n) is 3.40. The molecular weight excluding hydrogens is 158 g/mol. The second kappa shape index (κ2) is 2.44. The molecule has 0 N–H and O–H groups in total. The third kappa shape index (κ3) is 0.902. The van der Waals surface area contributed by atoms with Gasteiger partial charge in [0.05, 0.1) is 6.54 Å². The maximum absolute atomic E-state index is 4.47. The van der Waals surface area contributed by atoms with Crippen molar-refractivity contribution >= 4 is 6.21 Å². The zero-order valence-corrected chi connectivity index (χ0v) is 7.66. The van der Waals surface area contributed by atoms with Gasteiger partial charge in [0.15, 0.2) is 0 Å². The summed E-state index contributed by atoms with van der Waals surface area (Å²) in [6.07, 6.45) is 6.15. The Kier molecular flexibility index (Phi) is 1.37. The van der Waals surface area contributed by atoms with Gasteiger partial charge in [-0.25, -0.2) is 0 Å². The highest BCUT2D eigenvalue weighted by atomic mass is 14.8. The minimum atomic E-state index is 0.342. The zero-order chi connectivity index (χ0) is 8.73. The first-order chi connectivity index (χ1) is 6.41. The SMILES string of the molecule is C1=NCc2ccccc2C12CCC2. The van der Waals surface area contributed by atoms with Crippen molar-refractivity contribution in [1.82, 2.24) is 0 Å². The van der Waals surface area contributed by atoms with Gasteiger partial charge in [-0.3, -0.25) is 4.99 Å². The van der Waals surface area contributed by atoms with Crippen molar-refractivity contribution in [2.45, 2.75) is 31.2 Å². The number of aliphatic imine (C=N–C) groups is 1. The first-order valence-electron chi connectivity index (χ1n) is 5.00. The Bertz CT molecular complexity index is 361. The van der Waals surface area contributed by atoms with Crippen LogP contribution >= 0.6 is 0 Å². The maximum Gasteiger partial charge on any atom is 0.0639 e. The van der Waals surface area contributed by atoms with E-state index in [1.54, 1.807) is 0 Å². The van der Waals surface area contributed by atoms with Gasteiger partial charge in [-0.2, -0.15) is 0 Å². The molecule has 0 amide bonds. The van der Waals surface area contributed by atoms with E-state index in [0.29, 0.717) is 5.41 Å². The Hall–Kier alpha value is -1.11. The van der Waals surface area contributed by atoms with Crippen LogP contribution in [0.2, 0.25) is 0 Å². The molecule has 13 heavy (non-hydrogen) atoms. The molecule has 0 bridgehead atoms. The number of fused-ring (bicyclic) bond motifs is 2. The highest BCUT2D eigenvalue weighted by Gasteiger charge is 2.39. The Morgan fingerprint density at radius 3 is 2.77 bits per heavy atom. The lowest BCUT2D eigenvalue weighted by molar-refractivity contribution is 0.341. The highest BCUT2D eigenvalue weighted by molar-refractivity contribution is 5.77. The van der Waals surface area contributed by atoms with Crippen molar-refractivity contribution in [3.8, 4) is 0 Å². The van der Waals surface area contributed by atoms with E-state index < -0.39 is 0 Å². The van der Waals surface area contributed by atoms with Crippen molar-refractivity contribution < 1.29 is 0 Å². The highest BCUT2D eigenvalue weighted by Crippen LogP contribution is 2.45. The molecule has 1 aromatic carbocycles. The van der Waals surface area contributed by atoms with Crippen LogP contribution in [0.15, 0.2) is 29.3 Å². The predicted molar refractivity (Wildman–Crippen MR) is 54.2 cm³/mol. The lowest BCUT2D eigenvalue weighted by Gasteiger charge is -2.42. The Labute approximate surface area is 78.5 Å². The summed E-state index contributed by atoms with van der Waals surface area (Å²) < 4.78 is 0. The molecule has 0 unspecified atom stereocenters. The summed E-state index contributed by atoms with van der Waals surface area (Å²) in [5.74, 6) is 0. The first-order valence-corrected chi connectivity index (χ1v) is 5.00. The molecule has 2 aliphatic rings. The van der Waals surface area contributed by atoms with Gasteiger partial charge >= 0.3 is 0 Å². The molecular formula is C12H13N. The maximum atomic E-state index is 4.47. The van der Waals surface area contributed by atoms with Gasteiger partial charge in [0, 0.05) is 11.6 Å². The van der Waals surface area contributed by atoms with Crippen LogP contribution in [0.5, 0.6) is 0 Å². The minimum Gasteiger partial charge on any atom is -0.292 e. The molecule has 1 saturated carbocycles. The number of hydrogen-bond acceptors (Lipinski definition) is 1. The fourth-order valence-corrected chi connectivity index (χ4v) is 2.49. The summed E-state index contributed by atoms with van der Waals surface area (Å²) in [6, 6.07) is 8.76. The smallest absolute Gasteiger partial charge is 0.0639 e. The van der Waals surface area contributed by atoms with Crippen molar-refractivity contribution in [3.05, 3.63) is 35.4 Å². The van der Waals surface area contributed by atoms with E-state index in [9.17, 15) is 0 Å². The van der Waals surface area contributed by atoms with Crippen molar-refractivity contribution in [1.29, 1.82) is 0 Å². The van der Waals surface area contributed by atoms with Crippen LogP contribution in [-0.4, -0.2) is 6.21 Å². The average molecular weight is 171 g/mol. The minimum absolute atomic E-state index is 0.342. The average Bonchev–Trinajstić information content (AvgIpc) is 2.14. The Morgan fingerprint density at radius 1 is 1.15 bits per heavy atom. The van der Waals surface area contributed by atoms with E-state index in [-0.39, 0.29) is 0 Å². The van der Waals surface area contributed by atoms with E-state index in [2.05, 4.69) is 35.5 Å². The van der Waals surface area contributed by atoms with Crippen molar-refractivity contribution in [2.75, 3.05) is 0 Å². The molecule has 1 spiro atoms. The molecule has 0 saturated heterocycles. The molecule has 1 fully saturated rings. The molecule has 1 aliphatic heterocycles. The van der Waals surface area contributed by atoms with Gasteiger partial charge in [0.2, 0.25) is 0 Å². The predicted octanol–water partition coefficient (Wildman–Crippen LogP) is 2.69. The second-order valence-electron chi connectivity index (χ2n) is 4.14. The topological polar surface area (TPSA) is 12.4 Å². The largest absolute Gasteiger partial charge is 0.292 e. The van der Waals surface area contributed by atoms with Crippen LogP contribution in [0.25, 0.3) is 0 Å². The van der Waals surface area contributed by atoms with Crippen molar-refractivity contribution in [3.63, 3.8) is 0 Å². The van der Waals surface area contributed by atoms with Gasteiger partial charge < -0.3 is 0 Å². The van der Waals surface area contributed by atoms with Crippen LogP contribution in [0.4, 0.5) is 0 Å². The van der Waals surface area contributed by atoms with Gasteiger partial charge in [-0.1, -0.05) is 30.7 Å².